The molecule has 0 aliphatic heterocycles. The summed E-state index contributed by atoms with van der Waals surface area (Å²) in [5.74, 6) is 2.07. The number of anilines is 2. The molecule has 2 N–H and O–H groups in total. The van der Waals surface area contributed by atoms with E-state index in [-0.39, 0.29) is 6.04 Å². The van der Waals surface area contributed by atoms with Crippen LogP contribution in [0.25, 0.3) is 0 Å². The summed E-state index contributed by atoms with van der Waals surface area (Å²) in [5, 5.41) is 6.34. The van der Waals surface area contributed by atoms with Crippen molar-refractivity contribution in [3.8, 4) is 0 Å². The largest absolute Gasteiger partial charge is 0.369 e. The number of hydrogen-bond donors (Lipinski definition) is 2. The molecule has 2 unspecified atom stereocenters. The first kappa shape index (κ1) is 14.4. The molecule has 1 rings (SSSR count). The van der Waals surface area contributed by atoms with Gasteiger partial charge in [-0.15, -0.1) is 0 Å². The predicted octanol–water partition coefficient (Wildman–Crippen LogP) is 1.85. The Labute approximate surface area is 112 Å². The maximum Gasteiger partial charge on any atom is 0.146 e. The van der Waals surface area contributed by atoms with Crippen molar-refractivity contribution in [2.24, 2.45) is 0 Å². The third kappa shape index (κ3) is 4.59. The van der Waals surface area contributed by atoms with Gasteiger partial charge in [-0.2, -0.15) is 0 Å². The third-order valence-corrected chi connectivity index (χ3v) is 3.72. The van der Waals surface area contributed by atoms with Crippen LogP contribution in [0.1, 0.15) is 13.8 Å². The summed E-state index contributed by atoms with van der Waals surface area (Å²) in [6.07, 6.45) is 3.19. The van der Waals surface area contributed by atoms with Gasteiger partial charge in [-0.3, -0.25) is 4.21 Å². The minimum Gasteiger partial charge on any atom is -0.369 e. The zero-order chi connectivity index (χ0) is 12.8. The second-order valence-corrected chi connectivity index (χ2v) is 5.97. The standard InChI is InChI=1S/C10H17BrN4OS/c1-4-12-9-8(11)10(14-6-13-9)15-7(2)5-17(3)16/h6-7H,4-5H2,1-3H3,(H2,12,13,14,15). The zero-order valence-corrected chi connectivity index (χ0v) is 12.6. The molecule has 0 amide bonds. The minimum atomic E-state index is -0.822. The van der Waals surface area contributed by atoms with Gasteiger partial charge < -0.3 is 10.6 Å². The third-order valence-electron chi connectivity index (χ3n) is 2.00. The minimum absolute atomic E-state index is 0.0986. The molecule has 1 aromatic heterocycles. The molecule has 0 saturated heterocycles. The van der Waals surface area contributed by atoms with Gasteiger partial charge >= 0.3 is 0 Å². The average molecular weight is 321 g/mol. The lowest BCUT2D eigenvalue weighted by Crippen LogP contribution is -2.23. The molecule has 0 fully saturated rings. The fourth-order valence-corrected chi connectivity index (χ4v) is 2.64. The van der Waals surface area contributed by atoms with E-state index in [0.29, 0.717) is 11.6 Å². The Hall–Kier alpha value is -0.690. The summed E-state index contributed by atoms with van der Waals surface area (Å²) in [4.78, 5) is 8.29. The molecule has 0 bridgehead atoms. The fraction of sp³-hybridized carbons (Fsp3) is 0.600. The first-order chi connectivity index (χ1) is 8.04. The molecule has 0 aliphatic rings. The van der Waals surface area contributed by atoms with Crippen molar-refractivity contribution in [3.05, 3.63) is 10.8 Å². The van der Waals surface area contributed by atoms with Crippen LogP contribution < -0.4 is 10.6 Å². The summed E-state index contributed by atoms with van der Waals surface area (Å²) in [6.45, 7) is 4.77. The Balaban J connectivity index is 2.77. The molecule has 5 nitrogen and oxygen atoms in total. The van der Waals surface area contributed by atoms with Crippen LogP contribution in [-0.4, -0.2) is 38.8 Å². The molecule has 2 atom stereocenters. The van der Waals surface area contributed by atoms with Gasteiger partial charge in [0, 0.05) is 35.4 Å². The van der Waals surface area contributed by atoms with Crippen LogP contribution in [0.4, 0.5) is 11.6 Å². The summed E-state index contributed by atoms with van der Waals surface area (Å²) < 4.78 is 11.9. The van der Waals surface area contributed by atoms with Gasteiger partial charge in [-0.1, -0.05) is 0 Å². The van der Waals surface area contributed by atoms with Crippen LogP contribution in [0.15, 0.2) is 10.8 Å². The topological polar surface area (TPSA) is 66.9 Å². The highest BCUT2D eigenvalue weighted by molar-refractivity contribution is 9.10. The van der Waals surface area contributed by atoms with E-state index in [1.165, 1.54) is 6.33 Å². The molecular formula is C10H17BrN4OS. The van der Waals surface area contributed by atoms with E-state index in [2.05, 4.69) is 36.5 Å². The van der Waals surface area contributed by atoms with Crippen molar-refractivity contribution >= 4 is 38.4 Å². The molecular weight excluding hydrogens is 304 g/mol. The van der Waals surface area contributed by atoms with E-state index in [0.717, 1.165) is 16.8 Å². The Kier molecular flexibility index (Phi) is 5.84. The fourth-order valence-electron chi connectivity index (χ4n) is 1.39. The normalized spacial score (nSPS) is 14.1. The van der Waals surface area contributed by atoms with E-state index < -0.39 is 10.8 Å². The molecule has 0 aliphatic carbocycles. The molecule has 7 heteroatoms. The van der Waals surface area contributed by atoms with Crippen LogP contribution in [0.2, 0.25) is 0 Å². The van der Waals surface area contributed by atoms with Crippen molar-refractivity contribution < 1.29 is 4.21 Å². The number of nitrogens with one attached hydrogen (secondary N) is 2. The quantitative estimate of drug-likeness (QED) is 0.837. The van der Waals surface area contributed by atoms with Crippen LogP contribution in [-0.2, 0) is 10.8 Å². The van der Waals surface area contributed by atoms with Gasteiger partial charge in [0.1, 0.15) is 22.4 Å². The van der Waals surface area contributed by atoms with E-state index in [4.69, 9.17) is 0 Å². The Morgan fingerprint density at radius 2 is 2.12 bits per heavy atom. The first-order valence-corrected chi connectivity index (χ1v) is 7.87. The highest BCUT2D eigenvalue weighted by atomic mass is 79.9. The maximum atomic E-state index is 11.1. The molecule has 0 spiro atoms. The van der Waals surface area contributed by atoms with Gasteiger partial charge in [0.15, 0.2) is 0 Å². The van der Waals surface area contributed by atoms with E-state index in [1.807, 2.05) is 13.8 Å². The maximum absolute atomic E-state index is 11.1. The predicted molar refractivity (Wildman–Crippen MR) is 75.9 cm³/mol. The van der Waals surface area contributed by atoms with Gasteiger partial charge in [0.25, 0.3) is 0 Å². The van der Waals surface area contributed by atoms with Crippen LogP contribution in [0.5, 0.6) is 0 Å². The molecule has 1 heterocycles. The summed E-state index contributed by atoms with van der Waals surface area (Å²) in [5.41, 5.74) is 0. The Bertz CT molecular complexity index is 402. The van der Waals surface area contributed by atoms with E-state index >= 15 is 0 Å². The number of hydrogen-bond acceptors (Lipinski definition) is 5. The lowest BCUT2D eigenvalue weighted by molar-refractivity contribution is 0.683. The highest BCUT2D eigenvalue weighted by Gasteiger charge is 2.11. The second kappa shape index (κ2) is 6.90. The smallest absolute Gasteiger partial charge is 0.146 e. The molecule has 1 aromatic rings. The number of nitrogens with zero attached hydrogens (tertiary/aromatic N) is 2. The number of rotatable bonds is 6. The second-order valence-electron chi connectivity index (χ2n) is 3.70. The van der Waals surface area contributed by atoms with Crippen LogP contribution >= 0.6 is 15.9 Å². The van der Waals surface area contributed by atoms with Crippen molar-refractivity contribution in [1.82, 2.24) is 9.97 Å². The summed E-state index contributed by atoms with van der Waals surface area (Å²) >= 11 is 3.45. The van der Waals surface area contributed by atoms with Crippen LogP contribution in [0.3, 0.4) is 0 Å². The molecule has 17 heavy (non-hydrogen) atoms. The molecule has 0 aromatic carbocycles. The van der Waals surface area contributed by atoms with E-state index in [1.54, 1.807) is 6.26 Å². The SMILES string of the molecule is CCNc1ncnc(NC(C)CS(C)=O)c1Br. The van der Waals surface area contributed by atoms with Crippen molar-refractivity contribution in [2.75, 3.05) is 29.2 Å². The number of halogens is 1. The monoisotopic (exact) mass is 320 g/mol. The first-order valence-electron chi connectivity index (χ1n) is 5.35. The molecule has 96 valence electrons. The van der Waals surface area contributed by atoms with Crippen molar-refractivity contribution in [3.63, 3.8) is 0 Å². The van der Waals surface area contributed by atoms with E-state index in [9.17, 15) is 4.21 Å². The Morgan fingerprint density at radius 1 is 1.47 bits per heavy atom. The van der Waals surface area contributed by atoms with Gasteiger partial charge in [-0.25, -0.2) is 9.97 Å². The Morgan fingerprint density at radius 3 is 2.71 bits per heavy atom. The summed E-state index contributed by atoms with van der Waals surface area (Å²) in [6, 6.07) is 0.0986. The zero-order valence-electron chi connectivity index (χ0n) is 10.2. The highest BCUT2D eigenvalue weighted by Crippen LogP contribution is 2.26. The number of aromatic nitrogens is 2. The van der Waals surface area contributed by atoms with Gasteiger partial charge in [0.05, 0.1) is 0 Å². The molecule has 0 saturated carbocycles. The van der Waals surface area contributed by atoms with Crippen LogP contribution in [0, 0.1) is 0 Å². The summed E-state index contributed by atoms with van der Waals surface area (Å²) in [7, 11) is -0.822. The lowest BCUT2D eigenvalue weighted by Gasteiger charge is -2.15. The van der Waals surface area contributed by atoms with Gasteiger partial charge in [0.2, 0.25) is 0 Å². The van der Waals surface area contributed by atoms with Crippen molar-refractivity contribution in [1.29, 1.82) is 0 Å². The average Bonchev–Trinajstić information content (AvgIpc) is 2.23. The van der Waals surface area contributed by atoms with Crippen molar-refractivity contribution in [2.45, 2.75) is 19.9 Å². The van der Waals surface area contributed by atoms with Gasteiger partial charge in [-0.05, 0) is 29.8 Å². The lowest BCUT2D eigenvalue weighted by atomic mass is 10.4. The molecule has 0 radical (unpaired) electrons.